The molecule has 3 heterocycles. The molecule has 0 atom stereocenters. The molecule has 0 saturated carbocycles. The number of benzene rings is 1. The lowest BCUT2D eigenvalue weighted by Crippen LogP contribution is -2.42. The van der Waals surface area contributed by atoms with Crippen LogP contribution in [0.15, 0.2) is 36.8 Å². The zero-order valence-corrected chi connectivity index (χ0v) is 19.7. The molecule has 0 spiro atoms. The third-order valence-electron chi connectivity index (χ3n) is 5.55. The molecule has 3 aromatic rings. The van der Waals surface area contributed by atoms with Crippen LogP contribution in [0.4, 0.5) is 4.79 Å². The highest BCUT2D eigenvalue weighted by atomic mass is 16.6. The van der Waals surface area contributed by atoms with Crippen LogP contribution in [-0.4, -0.2) is 63.1 Å². The lowest BCUT2D eigenvalue weighted by Gasteiger charge is -2.33. The summed E-state index contributed by atoms with van der Waals surface area (Å²) >= 11 is 0. The molecule has 1 amide bonds. The van der Waals surface area contributed by atoms with Crippen molar-refractivity contribution in [2.24, 2.45) is 0 Å². The standard InChI is InChI=1S/C24H31N5O4/c1-24(2,3)33-23(30)28-12-9-18(10-13-28)29-21-20(15-27-29)22(26-16-25-21)32-19-7-5-17(6-8-19)11-14-31-4/h5-8,15-16,18H,9-14H2,1-4H3. The van der Waals surface area contributed by atoms with Gasteiger partial charge in [-0.15, -0.1) is 0 Å². The summed E-state index contributed by atoms with van der Waals surface area (Å²) in [7, 11) is 1.70. The Kier molecular flexibility index (Phi) is 6.78. The van der Waals surface area contributed by atoms with Gasteiger partial charge in [-0.25, -0.2) is 19.4 Å². The van der Waals surface area contributed by atoms with E-state index in [0.717, 1.165) is 30.3 Å². The molecule has 9 nitrogen and oxygen atoms in total. The van der Waals surface area contributed by atoms with E-state index in [2.05, 4.69) is 15.1 Å². The minimum Gasteiger partial charge on any atom is -0.444 e. The fourth-order valence-electron chi connectivity index (χ4n) is 3.86. The molecule has 176 valence electrons. The van der Waals surface area contributed by atoms with Crippen molar-refractivity contribution in [1.82, 2.24) is 24.6 Å². The molecule has 33 heavy (non-hydrogen) atoms. The molecule has 0 aliphatic carbocycles. The summed E-state index contributed by atoms with van der Waals surface area (Å²) in [6.45, 7) is 7.55. The van der Waals surface area contributed by atoms with Gasteiger partial charge < -0.3 is 19.1 Å². The highest BCUT2D eigenvalue weighted by molar-refractivity contribution is 5.80. The van der Waals surface area contributed by atoms with Gasteiger partial charge in [0.15, 0.2) is 5.65 Å². The zero-order chi connectivity index (χ0) is 23.4. The number of piperidine rings is 1. The highest BCUT2D eigenvalue weighted by Crippen LogP contribution is 2.31. The molecule has 1 aromatic carbocycles. The number of methoxy groups -OCH3 is 1. The number of fused-ring (bicyclic) bond motifs is 1. The zero-order valence-electron chi connectivity index (χ0n) is 19.7. The summed E-state index contributed by atoms with van der Waals surface area (Å²) in [4.78, 5) is 22.9. The topological polar surface area (TPSA) is 91.6 Å². The summed E-state index contributed by atoms with van der Waals surface area (Å²) in [6, 6.07) is 8.04. The Hall–Kier alpha value is -3.20. The van der Waals surface area contributed by atoms with Crippen molar-refractivity contribution in [3.63, 3.8) is 0 Å². The van der Waals surface area contributed by atoms with E-state index in [0.29, 0.717) is 31.3 Å². The molecule has 0 bridgehead atoms. The van der Waals surface area contributed by atoms with Gasteiger partial charge in [0.25, 0.3) is 0 Å². The summed E-state index contributed by atoms with van der Waals surface area (Å²) < 4.78 is 18.6. The first kappa shape index (κ1) is 23.0. The van der Waals surface area contributed by atoms with Gasteiger partial charge in [-0.05, 0) is 57.7 Å². The molecule has 1 saturated heterocycles. The normalized spacial score (nSPS) is 15.1. The first-order valence-corrected chi connectivity index (χ1v) is 11.3. The van der Waals surface area contributed by atoms with Crippen molar-refractivity contribution in [1.29, 1.82) is 0 Å². The average molecular weight is 454 g/mol. The molecule has 0 unspecified atom stereocenters. The predicted molar refractivity (Wildman–Crippen MR) is 123 cm³/mol. The average Bonchev–Trinajstić information content (AvgIpc) is 3.23. The quantitative estimate of drug-likeness (QED) is 0.547. The SMILES string of the molecule is COCCc1ccc(Oc2ncnc3c2cnn3C2CCN(C(=O)OC(C)(C)C)CC2)cc1. The molecule has 1 aliphatic rings. The number of rotatable bonds is 6. The van der Waals surface area contributed by atoms with E-state index in [1.807, 2.05) is 49.7 Å². The highest BCUT2D eigenvalue weighted by Gasteiger charge is 2.29. The fourth-order valence-corrected chi connectivity index (χ4v) is 3.86. The number of amides is 1. The predicted octanol–water partition coefficient (Wildman–Crippen LogP) is 4.38. The van der Waals surface area contributed by atoms with Crippen molar-refractivity contribution < 1.29 is 19.0 Å². The number of hydrogen-bond donors (Lipinski definition) is 0. The fraction of sp³-hybridized carbons (Fsp3) is 0.500. The number of likely N-dealkylation sites (tertiary alicyclic amines) is 1. The number of nitrogens with zero attached hydrogens (tertiary/aromatic N) is 5. The molecule has 2 aromatic heterocycles. The van der Waals surface area contributed by atoms with Crippen LogP contribution < -0.4 is 4.74 Å². The summed E-state index contributed by atoms with van der Waals surface area (Å²) in [5, 5.41) is 5.34. The van der Waals surface area contributed by atoms with Gasteiger partial charge in [0.05, 0.1) is 18.8 Å². The van der Waals surface area contributed by atoms with Crippen LogP contribution in [0.3, 0.4) is 0 Å². The minimum absolute atomic E-state index is 0.143. The third kappa shape index (κ3) is 5.60. The number of aromatic nitrogens is 4. The van der Waals surface area contributed by atoms with Gasteiger partial charge in [0.1, 0.15) is 23.1 Å². The molecule has 1 aliphatic heterocycles. The van der Waals surface area contributed by atoms with E-state index < -0.39 is 5.60 Å². The minimum atomic E-state index is -0.496. The Morgan fingerprint density at radius 1 is 1.12 bits per heavy atom. The molecule has 1 fully saturated rings. The number of ether oxygens (including phenoxy) is 3. The van der Waals surface area contributed by atoms with Crippen LogP contribution in [0.5, 0.6) is 11.6 Å². The van der Waals surface area contributed by atoms with E-state index >= 15 is 0 Å². The van der Waals surface area contributed by atoms with Crippen LogP contribution in [0, 0.1) is 0 Å². The lowest BCUT2D eigenvalue weighted by molar-refractivity contribution is 0.0186. The van der Waals surface area contributed by atoms with Gasteiger partial charge in [-0.1, -0.05) is 12.1 Å². The van der Waals surface area contributed by atoms with Gasteiger partial charge in [-0.2, -0.15) is 5.10 Å². The summed E-state index contributed by atoms with van der Waals surface area (Å²) in [5.41, 5.74) is 1.42. The monoisotopic (exact) mass is 453 g/mol. The van der Waals surface area contributed by atoms with Crippen molar-refractivity contribution in [2.45, 2.75) is 51.7 Å². The van der Waals surface area contributed by atoms with Crippen LogP contribution in [0.1, 0.15) is 45.2 Å². The molecule has 0 radical (unpaired) electrons. The van der Waals surface area contributed by atoms with Gasteiger partial charge in [0.2, 0.25) is 5.88 Å². The molecule has 0 N–H and O–H groups in total. The van der Waals surface area contributed by atoms with E-state index in [4.69, 9.17) is 14.2 Å². The molecular formula is C24H31N5O4. The summed E-state index contributed by atoms with van der Waals surface area (Å²) in [5.74, 6) is 1.18. The Bertz CT molecular complexity index is 1080. The first-order chi connectivity index (χ1) is 15.8. The van der Waals surface area contributed by atoms with Crippen LogP contribution in [0.25, 0.3) is 11.0 Å². The molecular weight excluding hydrogens is 422 g/mol. The Balaban J connectivity index is 1.44. The maximum absolute atomic E-state index is 12.3. The Labute approximate surface area is 193 Å². The van der Waals surface area contributed by atoms with E-state index in [1.54, 1.807) is 18.2 Å². The van der Waals surface area contributed by atoms with E-state index in [1.165, 1.54) is 11.9 Å². The summed E-state index contributed by atoms with van der Waals surface area (Å²) in [6.07, 6.45) is 5.39. The maximum atomic E-state index is 12.3. The maximum Gasteiger partial charge on any atom is 0.410 e. The smallest absolute Gasteiger partial charge is 0.410 e. The van der Waals surface area contributed by atoms with E-state index in [9.17, 15) is 4.79 Å². The van der Waals surface area contributed by atoms with Crippen molar-refractivity contribution in [3.05, 3.63) is 42.4 Å². The molecule has 9 heteroatoms. The van der Waals surface area contributed by atoms with Crippen LogP contribution in [0.2, 0.25) is 0 Å². The van der Waals surface area contributed by atoms with Crippen LogP contribution >= 0.6 is 0 Å². The lowest BCUT2D eigenvalue weighted by atomic mass is 10.1. The largest absolute Gasteiger partial charge is 0.444 e. The van der Waals surface area contributed by atoms with Crippen LogP contribution in [-0.2, 0) is 15.9 Å². The van der Waals surface area contributed by atoms with Gasteiger partial charge in [0, 0.05) is 20.2 Å². The molecule has 4 rings (SSSR count). The van der Waals surface area contributed by atoms with Gasteiger partial charge in [-0.3, -0.25) is 0 Å². The first-order valence-electron chi connectivity index (χ1n) is 11.3. The van der Waals surface area contributed by atoms with Crippen molar-refractivity contribution >= 4 is 17.1 Å². The van der Waals surface area contributed by atoms with Crippen molar-refractivity contribution in [2.75, 3.05) is 26.8 Å². The Morgan fingerprint density at radius 2 is 1.85 bits per heavy atom. The Morgan fingerprint density at radius 3 is 2.52 bits per heavy atom. The second-order valence-electron chi connectivity index (χ2n) is 9.19. The third-order valence-corrected chi connectivity index (χ3v) is 5.55. The van der Waals surface area contributed by atoms with Gasteiger partial charge >= 0.3 is 6.09 Å². The number of carbonyl (C=O) groups excluding carboxylic acids is 1. The number of carbonyl (C=O) groups is 1. The second kappa shape index (κ2) is 9.74. The van der Waals surface area contributed by atoms with E-state index in [-0.39, 0.29) is 12.1 Å². The number of hydrogen-bond acceptors (Lipinski definition) is 7. The van der Waals surface area contributed by atoms with Crippen molar-refractivity contribution in [3.8, 4) is 11.6 Å². The second-order valence-corrected chi connectivity index (χ2v) is 9.19.